The van der Waals surface area contributed by atoms with Crippen LogP contribution in [0.3, 0.4) is 0 Å². The first-order valence-corrected chi connectivity index (χ1v) is 9.29. The molecule has 6 heteroatoms. The molecule has 1 aromatic heterocycles. The van der Waals surface area contributed by atoms with Crippen molar-refractivity contribution in [3.8, 4) is 0 Å². The molecule has 0 spiro atoms. The molecule has 1 heterocycles. The molecule has 0 radical (unpaired) electrons. The van der Waals surface area contributed by atoms with Crippen molar-refractivity contribution >= 4 is 11.7 Å². The van der Waals surface area contributed by atoms with Gasteiger partial charge in [0.25, 0.3) is 0 Å². The molecule has 138 valence electrons. The lowest BCUT2D eigenvalue weighted by Gasteiger charge is -2.30. The maximum atomic E-state index is 12.6. The number of aryl methyl sites for hydroxylation is 1. The van der Waals surface area contributed by atoms with Crippen LogP contribution in [0.5, 0.6) is 0 Å². The van der Waals surface area contributed by atoms with Crippen LogP contribution in [-0.2, 0) is 10.3 Å². The van der Waals surface area contributed by atoms with Crippen molar-refractivity contribution in [2.75, 3.05) is 0 Å². The van der Waals surface area contributed by atoms with Gasteiger partial charge in [0.2, 0.25) is 11.8 Å². The molecule has 1 fully saturated rings. The molecule has 1 aromatic carbocycles. The number of carbonyl (C=O) groups excluding carboxylic acids is 2. The summed E-state index contributed by atoms with van der Waals surface area (Å²) in [4.78, 5) is 29.2. The monoisotopic (exact) mass is 355 g/mol. The first-order valence-electron chi connectivity index (χ1n) is 9.29. The van der Waals surface area contributed by atoms with E-state index in [1.165, 1.54) is 0 Å². The van der Waals surface area contributed by atoms with E-state index in [0.717, 1.165) is 38.5 Å². The van der Waals surface area contributed by atoms with Crippen molar-refractivity contribution in [2.24, 2.45) is 0 Å². The lowest BCUT2D eigenvalue weighted by Crippen LogP contribution is -2.46. The maximum absolute atomic E-state index is 12.6. The third kappa shape index (κ3) is 4.36. The van der Waals surface area contributed by atoms with Gasteiger partial charge in [-0.15, -0.1) is 0 Å². The Morgan fingerprint density at radius 3 is 2.38 bits per heavy atom. The number of nitrogens with one attached hydrogen (secondary N) is 1. The van der Waals surface area contributed by atoms with Gasteiger partial charge < -0.3 is 9.84 Å². The molecular formula is C20H25N3O3. The maximum Gasteiger partial charge on any atom is 0.223 e. The van der Waals surface area contributed by atoms with Gasteiger partial charge in [-0.1, -0.05) is 61.2 Å². The van der Waals surface area contributed by atoms with E-state index in [2.05, 4.69) is 15.5 Å². The number of nitrogens with zero attached hydrogens (tertiary/aromatic N) is 2. The van der Waals surface area contributed by atoms with Crippen molar-refractivity contribution in [2.45, 2.75) is 63.8 Å². The first-order chi connectivity index (χ1) is 12.6. The summed E-state index contributed by atoms with van der Waals surface area (Å²) in [6.07, 6.45) is 6.24. The zero-order valence-corrected chi connectivity index (χ0v) is 15.2. The summed E-state index contributed by atoms with van der Waals surface area (Å²) in [6, 6.07) is 9.06. The third-order valence-electron chi connectivity index (χ3n) is 4.97. The summed E-state index contributed by atoms with van der Waals surface area (Å²) in [6.45, 7) is 1.75. The molecule has 0 saturated heterocycles. The Kier molecular flexibility index (Phi) is 5.81. The normalized spacial score (nSPS) is 16.7. The van der Waals surface area contributed by atoms with E-state index in [0.29, 0.717) is 17.3 Å². The van der Waals surface area contributed by atoms with Gasteiger partial charge in [-0.2, -0.15) is 4.98 Å². The molecule has 0 atom stereocenters. The van der Waals surface area contributed by atoms with E-state index in [1.807, 2.05) is 18.2 Å². The van der Waals surface area contributed by atoms with Crippen molar-refractivity contribution in [1.29, 1.82) is 0 Å². The van der Waals surface area contributed by atoms with Gasteiger partial charge in [0.15, 0.2) is 11.6 Å². The van der Waals surface area contributed by atoms with E-state index in [-0.39, 0.29) is 24.5 Å². The fraction of sp³-hybridized carbons (Fsp3) is 0.500. The molecule has 0 bridgehead atoms. The predicted octanol–water partition coefficient (Wildman–Crippen LogP) is 3.71. The molecule has 2 aromatic rings. The summed E-state index contributed by atoms with van der Waals surface area (Å²) < 4.78 is 5.15. The number of amides is 1. The van der Waals surface area contributed by atoms with Crippen LogP contribution in [-0.4, -0.2) is 21.8 Å². The summed E-state index contributed by atoms with van der Waals surface area (Å²) in [5, 5.41) is 7.21. The first kappa shape index (κ1) is 18.3. The van der Waals surface area contributed by atoms with Crippen molar-refractivity contribution in [3.63, 3.8) is 0 Å². The van der Waals surface area contributed by atoms with Crippen molar-refractivity contribution < 1.29 is 14.1 Å². The van der Waals surface area contributed by atoms with Crippen LogP contribution < -0.4 is 5.32 Å². The lowest BCUT2D eigenvalue weighted by molar-refractivity contribution is -0.123. The van der Waals surface area contributed by atoms with E-state index in [1.54, 1.807) is 19.1 Å². The highest BCUT2D eigenvalue weighted by Crippen LogP contribution is 2.34. The van der Waals surface area contributed by atoms with Crippen LogP contribution in [0.1, 0.15) is 73.4 Å². The molecule has 0 aliphatic heterocycles. The number of Topliss-reactive ketones (excluding diaryl/α,β-unsaturated/α-hetero) is 1. The molecule has 1 saturated carbocycles. The van der Waals surface area contributed by atoms with Crippen LogP contribution in [0.2, 0.25) is 0 Å². The molecular weight excluding hydrogens is 330 g/mol. The standard InChI is InChI=1S/C20H25N3O3/c1-15-21-19(23-26-15)20(13-7-2-3-8-14-20)22-18(25)12-11-17(24)16-9-5-4-6-10-16/h4-6,9-10H,2-3,7-8,11-14H2,1H3,(H,22,25). The SMILES string of the molecule is Cc1nc(C2(NC(=O)CCC(=O)c3ccccc3)CCCCCC2)no1. The summed E-state index contributed by atoms with van der Waals surface area (Å²) in [5.74, 6) is 0.890. The molecule has 26 heavy (non-hydrogen) atoms. The number of benzene rings is 1. The van der Waals surface area contributed by atoms with Gasteiger partial charge in [-0.25, -0.2) is 0 Å². The molecule has 3 rings (SSSR count). The summed E-state index contributed by atoms with van der Waals surface area (Å²) >= 11 is 0. The Morgan fingerprint density at radius 2 is 1.77 bits per heavy atom. The fourth-order valence-electron chi connectivity index (χ4n) is 3.56. The number of carbonyl (C=O) groups is 2. The summed E-state index contributed by atoms with van der Waals surface area (Å²) in [7, 11) is 0. The average molecular weight is 355 g/mol. The van der Waals surface area contributed by atoms with Crippen molar-refractivity contribution in [3.05, 3.63) is 47.6 Å². The zero-order valence-electron chi connectivity index (χ0n) is 15.2. The largest absolute Gasteiger partial charge is 0.343 e. The van der Waals surface area contributed by atoms with Crippen LogP contribution in [0.4, 0.5) is 0 Å². The Balaban J connectivity index is 1.66. The average Bonchev–Trinajstić information content (AvgIpc) is 2.96. The van der Waals surface area contributed by atoms with E-state index in [4.69, 9.17) is 4.52 Å². The van der Waals surface area contributed by atoms with E-state index in [9.17, 15) is 9.59 Å². The van der Waals surface area contributed by atoms with Gasteiger partial charge >= 0.3 is 0 Å². The number of hydrogen-bond acceptors (Lipinski definition) is 5. The number of ketones is 1. The zero-order chi connectivity index (χ0) is 18.4. The number of hydrogen-bond donors (Lipinski definition) is 1. The molecule has 1 amide bonds. The Labute approximate surface area is 153 Å². The van der Waals surface area contributed by atoms with Gasteiger partial charge in [0.1, 0.15) is 5.54 Å². The van der Waals surface area contributed by atoms with Gasteiger partial charge in [0.05, 0.1) is 0 Å². The van der Waals surface area contributed by atoms with Crippen LogP contribution in [0.15, 0.2) is 34.9 Å². The fourth-order valence-corrected chi connectivity index (χ4v) is 3.56. The lowest BCUT2D eigenvalue weighted by atomic mass is 9.88. The number of rotatable bonds is 6. The predicted molar refractivity (Wildman–Crippen MR) is 96.6 cm³/mol. The highest BCUT2D eigenvalue weighted by molar-refractivity contribution is 5.97. The third-order valence-corrected chi connectivity index (χ3v) is 4.97. The van der Waals surface area contributed by atoms with Gasteiger partial charge in [-0.05, 0) is 12.8 Å². The van der Waals surface area contributed by atoms with E-state index >= 15 is 0 Å². The Morgan fingerprint density at radius 1 is 1.08 bits per heavy atom. The van der Waals surface area contributed by atoms with Gasteiger partial charge in [-0.3, -0.25) is 9.59 Å². The van der Waals surface area contributed by atoms with Crippen LogP contribution in [0, 0.1) is 6.92 Å². The highest BCUT2D eigenvalue weighted by atomic mass is 16.5. The molecule has 1 aliphatic rings. The smallest absolute Gasteiger partial charge is 0.223 e. The number of aromatic nitrogens is 2. The second-order valence-corrected chi connectivity index (χ2v) is 6.97. The topological polar surface area (TPSA) is 85.1 Å². The van der Waals surface area contributed by atoms with E-state index < -0.39 is 5.54 Å². The molecule has 6 nitrogen and oxygen atoms in total. The highest BCUT2D eigenvalue weighted by Gasteiger charge is 2.38. The minimum atomic E-state index is -0.582. The minimum absolute atomic E-state index is 0.0222. The van der Waals surface area contributed by atoms with Gasteiger partial charge in [0, 0.05) is 25.3 Å². The Bertz CT molecular complexity index is 747. The van der Waals surface area contributed by atoms with Crippen LogP contribution >= 0.6 is 0 Å². The Hall–Kier alpha value is -2.50. The quantitative estimate of drug-likeness (QED) is 0.631. The second kappa shape index (κ2) is 8.25. The molecule has 1 aliphatic carbocycles. The van der Waals surface area contributed by atoms with Crippen LogP contribution in [0.25, 0.3) is 0 Å². The second-order valence-electron chi connectivity index (χ2n) is 6.97. The molecule has 0 unspecified atom stereocenters. The molecule has 1 N–H and O–H groups in total. The summed E-state index contributed by atoms with van der Waals surface area (Å²) in [5.41, 5.74) is 0.0551. The van der Waals surface area contributed by atoms with Crippen molar-refractivity contribution in [1.82, 2.24) is 15.5 Å². The minimum Gasteiger partial charge on any atom is -0.343 e.